The van der Waals surface area contributed by atoms with Gasteiger partial charge in [-0.3, -0.25) is 9.88 Å². The van der Waals surface area contributed by atoms with E-state index in [1.54, 1.807) is 6.20 Å². The van der Waals surface area contributed by atoms with Crippen LogP contribution in [0, 0.1) is 0 Å². The highest BCUT2D eigenvalue weighted by Crippen LogP contribution is 2.05. The Labute approximate surface area is 96.4 Å². The predicted octanol–water partition coefficient (Wildman–Crippen LogP) is 0.521. The summed E-state index contributed by atoms with van der Waals surface area (Å²) in [5.41, 5.74) is 7.58. The normalized spacial score (nSPS) is 10.7. The Kier molecular flexibility index (Phi) is 5.71. The molecule has 3 N–H and O–H groups in total. The fourth-order valence-electron chi connectivity index (χ4n) is 1.56. The summed E-state index contributed by atoms with van der Waals surface area (Å²) >= 11 is 0. The van der Waals surface area contributed by atoms with Gasteiger partial charge in [0.2, 0.25) is 0 Å². The number of nitrogens with zero attached hydrogens (tertiary/aromatic N) is 2. The summed E-state index contributed by atoms with van der Waals surface area (Å²) in [4.78, 5) is 6.26. The monoisotopic (exact) mass is 221 g/mol. The molecule has 1 heterocycles. The van der Waals surface area contributed by atoms with Gasteiger partial charge in [0, 0.05) is 32.4 Å². The van der Waals surface area contributed by atoms with Crippen LogP contribution in [0.5, 0.6) is 0 Å². The summed E-state index contributed by atoms with van der Waals surface area (Å²) in [6, 6.07) is 3.96. The first-order valence-electron chi connectivity index (χ1n) is 5.38. The summed E-state index contributed by atoms with van der Waals surface area (Å²) < 4.78 is 0. The summed E-state index contributed by atoms with van der Waals surface area (Å²) in [7, 11) is 0. The summed E-state index contributed by atoms with van der Waals surface area (Å²) in [6.45, 7) is 6.50. The van der Waals surface area contributed by atoms with Gasteiger partial charge in [0.25, 0.3) is 0 Å². The molecule has 1 rings (SSSR count). The van der Waals surface area contributed by atoms with Crippen molar-refractivity contribution in [2.75, 3.05) is 19.7 Å². The molecule has 4 nitrogen and oxygen atoms in total. The van der Waals surface area contributed by atoms with Gasteiger partial charge < -0.3 is 10.8 Å². The minimum atomic E-state index is 0.155. The largest absolute Gasteiger partial charge is 0.395 e. The zero-order chi connectivity index (χ0) is 11.8. The van der Waals surface area contributed by atoms with Crippen LogP contribution in [0.4, 0.5) is 0 Å². The van der Waals surface area contributed by atoms with Gasteiger partial charge >= 0.3 is 0 Å². The van der Waals surface area contributed by atoms with E-state index in [0.717, 1.165) is 24.3 Å². The van der Waals surface area contributed by atoms with Crippen LogP contribution < -0.4 is 5.73 Å². The van der Waals surface area contributed by atoms with E-state index in [1.165, 1.54) is 0 Å². The molecule has 0 saturated carbocycles. The SMILES string of the molecule is C=CCN(CCO)Cc1ccnc(CN)c1. The number of rotatable bonds is 7. The molecule has 88 valence electrons. The average Bonchev–Trinajstić information content (AvgIpc) is 2.30. The highest BCUT2D eigenvalue weighted by molar-refractivity contribution is 5.16. The summed E-state index contributed by atoms with van der Waals surface area (Å²) in [6.07, 6.45) is 3.60. The van der Waals surface area contributed by atoms with Crippen molar-refractivity contribution in [3.63, 3.8) is 0 Å². The third-order valence-corrected chi connectivity index (χ3v) is 2.30. The Morgan fingerprint density at radius 3 is 3.00 bits per heavy atom. The van der Waals surface area contributed by atoms with Crippen LogP contribution in [0.25, 0.3) is 0 Å². The third-order valence-electron chi connectivity index (χ3n) is 2.30. The van der Waals surface area contributed by atoms with Crippen LogP contribution in [0.1, 0.15) is 11.3 Å². The zero-order valence-corrected chi connectivity index (χ0v) is 9.47. The number of pyridine rings is 1. The third kappa shape index (κ3) is 4.10. The molecule has 0 amide bonds. The van der Waals surface area contributed by atoms with Crippen molar-refractivity contribution in [1.29, 1.82) is 0 Å². The van der Waals surface area contributed by atoms with E-state index in [-0.39, 0.29) is 6.61 Å². The Bertz CT molecular complexity index is 328. The van der Waals surface area contributed by atoms with Crippen LogP contribution in [-0.4, -0.2) is 34.7 Å². The van der Waals surface area contributed by atoms with Gasteiger partial charge in [0.05, 0.1) is 12.3 Å². The van der Waals surface area contributed by atoms with Gasteiger partial charge in [0.1, 0.15) is 0 Å². The number of aromatic nitrogens is 1. The maximum atomic E-state index is 8.93. The minimum Gasteiger partial charge on any atom is -0.395 e. The van der Waals surface area contributed by atoms with Gasteiger partial charge in [-0.2, -0.15) is 0 Å². The maximum absolute atomic E-state index is 8.93. The van der Waals surface area contributed by atoms with Crippen molar-refractivity contribution in [3.05, 3.63) is 42.2 Å². The topological polar surface area (TPSA) is 62.4 Å². The molecule has 0 aromatic carbocycles. The van der Waals surface area contributed by atoms with Crippen molar-refractivity contribution < 1.29 is 5.11 Å². The molecule has 0 aliphatic carbocycles. The van der Waals surface area contributed by atoms with Crippen molar-refractivity contribution in [1.82, 2.24) is 9.88 Å². The van der Waals surface area contributed by atoms with Gasteiger partial charge in [-0.25, -0.2) is 0 Å². The lowest BCUT2D eigenvalue weighted by molar-refractivity contribution is 0.203. The smallest absolute Gasteiger partial charge is 0.0558 e. The molecule has 0 aliphatic heterocycles. The molecule has 0 spiro atoms. The molecular formula is C12H19N3O. The first-order valence-corrected chi connectivity index (χ1v) is 5.38. The molecule has 1 aromatic rings. The van der Waals surface area contributed by atoms with Crippen LogP contribution in [0.15, 0.2) is 31.0 Å². The number of hydrogen-bond acceptors (Lipinski definition) is 4. The lowest BCUT2D eigenvalue weighted by Crippen LogP contribution is -2.26. The van der Waals surface area contributed by atoms with Crippen molar-refractivity contribution >= 4 is 0 Å². The summed E-state index contributed by atoms with van der Waals surface area (Å²) in [5, 5.41) is 8.93. The number of aliphatic hydroxyl groups excluding tert-OH is 1. The van der Waals surface area contributed by atoms with Gasteiger partial charge in [-0.05, 0) is 17.7 Å². The fraction of sp³-hybridized carbons (Fsp3) is 0.417. The van der Waals surface area contributed by atoms with Crippen LogP contribution in [-0.2, 0) is 13.1 Å². The first-order chi connectivity index (χ1) is 7.80. The van der Waals surface area contributed by atoms with Crippen molar-refractivity contribution in [2.24, 2.45) is 5.73 Å². The van der Waals surface area contributed by atoms with E-state index < -0.39 is 0 Å². The van der Waals surface area contributed by atoms with E-state index in [9.17, 15) is 0 Å². The average molecular weight is 221 g/mol. The molecule has 1 aromatic heterocycles. The van der Waals surface area contributed by atoms with Crippen LogP contribution in [0.3, 0.4) is 0 Å². The fourth-order valence-corrected chi connectivity index (χ4v) is 1.56. The molecule has 0 aliphatic rings. The van der Waals surface area contributed by atoms with Gasteiger partial charge in [-0.15, -0.1) is 6.58 Å². The molecule has 16 heavy (non-hydrogen) atoms. The molecule has 0 radical (unpaired) electrons. The van der Waals surface area contributed by atoms with Crippen LogP contribution in [0.2, 0.25) is 0 Å². The van der Waals surface area contributed by atoms with Crippen molar-refractivity contribution in [2.45, 2.75) is 13.1 Å². The second-order valence-electron chi connectivity index (χ2n) is 3.61. The number of aliphatic hydroxyl groups is 1. The lowest BCUT2D eigenvalue weighted by Gasteiger charge is -2.19. The molecule has 0 atom stereocenters. The Morgan fingerprint density at radius 2 is 2.38 bits per heavy atom. The van der Waals surface area contributed by atoms with E-state index in [1.807, 2.05) is 18.2 Å². The number of hydrogen-bond donors (Lipinski definition) is 2. The van der Waals surface area contributed by atoms with E-state index >= 15 is 0 Å². The molecular weight excluding hydrogens is 202 g/mol. The predicted molar refractivity (Wildman–Crippen MR) is 64.7 cm³/mol. The highest BCUT2D eigenvalue weighted by atomic mass is 16.3. The molecule has 0 bridgehead atoms. The van der Waals surface area contributed by atoms with E-state index in [0.29, 0.717) is 13.1 Å². The summed E-state index contributed by atoms with van der Waals surface area (Å²) in [5.74, 6) is 0. The van der Waals surface area contributed by atoms with Gasteiger partial charge in [-0.1, -0.05) is 6.08 Å². The Morgan fingerprint density at radius 1 is 1.56 bits per heavy atom. The molecule has 0 saturated heterocycles. The number of nitrogens with two attached hydrogens (primary N) is 1. The Hall–Kier alpha value is -1.23. The van der Waals surface area contributed by atoms with Gasteiger partial charge in [0.15, 0.2) is 0 Å². The van der Waals surface area contributed by atoms with Crippen molar-refractivity contribution in [3.8, 4) is 0 Å². The van der Waals surface area contributed by atoms with Crippen LogP contribution >= 0.6 is 0 Å². The van der Waals surface area contributed by atoms with E-state index in [4.69, 9.17) is 10.8 Å². The standard InChI is InChI=1S/C12H19N3O/c1-2-5-15(6-7-16)10-11-3-4-14-12(8-11)9-13/h2-4,8,16H,1,5-7,9-10,13H2. The van der Waals surface area contributed by atoms with E-state index in [2.05, 4.69) is 16.5 Å². The minimum absolute atomic E-state index is 0.155. The lowest BCUT2D eigenvalue weighted by atomic mass is 10.2. The zero-order valence-electron chi connectivity index (χ0n) is 9.47. The molecule has 0 fully saturated rings. The first kappa shape index (κ1) is 12.8. The molecule has 0 unspecified atom stereocenters. The second kappa shape index (κ2) is 7.11. The Balaban J connectivity index is 2.64. The second-order valence-corrected chi connectivity index (χ2v) is 3.61. The maximum Gasteiger partial charge on any atom is 0.0558 e. The molecule has 4 heteroatoms. The quantitative estimate of drug-likeness (QED) is 0.659. The highest BCUT2D eigenvalue weighted by Gasteiger charge is 2.04.